The summed E-state index contributed by atoms with van der Waals surface area (Å²) < 4.78 is 11.8. The molecule has 0 amide bonds. The molecular weight excluding hydrogens is 460 g/mol. The van der Waals surface area contributed by atoms with Crippen LogP contribution in [0.4, 0.5) is 0 Å². The number of aryl methyl sites for hydroxylation is 1. The molecule has 0 unspecified atom stereocenters. The molecule has 0 fully saturated rings. The molecule has 35 heavy (non-hydrogen) atoms. The van der Waals surface area contributed by atoms with Crippen molar-refractivity contribution in [1.29, 1.82) is 0 Å². The first-order valence-electron chi connectivity index (χ1n) is 11.3. The normalized spacial score (nSPS) is 11.6. The van der Waals surface area contributed by atoms with Crippen LogP contribution >= 0.6 is 11.3 Å². The third-order valence-corrected chi connectivity index (χ3v) is 6.58. The second kappa shape index (κ2) is 11.0. The van der Waals surface area contributed by atoms with Crippen LogP contribution in [-0.2, 0) is 13.2 Å². The fraction of sp³-hybridized carbons (Fsp3) is 0.222. The lowest BCUT2D eigenvalue weighted by molar-refractivity contribution is 0.290. The summed E-state index contributed by atoms with van der Waals surface area (Å²) in [5.74, 6) is 1.94. The van der Waals surface area contributed by atoms with E-state index in [4.69, 9.17) is 25.4 Å². The summed E-state index contributed by atoms with van der Waals surface area (Å²) in [5.41, 5.74) is 9.97. The minimum absolute atomic E-state index is 0.0547. The van der Waals surface area contributed by atoms with E-state index in [1.807, 2.05) is 37.3 Å². The summed E-state index contributed by atoms with van der Waals surface area (Å²) >= 11 is 1.76. The Bertz CT molecular complexity index is 1300. The molecule has 2 aromatic carbocycles. The largest absolute Gasteiger partial charge is 0.487 e. The van der Waals surface area contributed by atoms with Gasteiger partial charge in [-0.3, -0.25) is 4.98 Å². The van der Waals surface area contributed by atoms with Gasteiger partial charge < -0.3 is 20.4 Å². The van der Waals surface area contributed by atoms with Crippen LogP contribution in [0.3, 0.4) is 0 Å². The summed E-state index contributed by atoms with van der Waals surface area (Å²) in [6, 6.07) is 20.8. The third kappa shape index (κ3) is 6.16. The maximum absolute atomic E-state index is 8.75. The molecule has 0 atom stereocenters. The number of thiazole rings is 1. The fourth-order valence-corrected chi connectivity index (χ4v) is 4.49. The van der Waals surface area contributed by atoms with Gasteiger partial charge in [-0.05, 0) is 73.5 Å². The number of hydrogen-bond donors (Lipinski definition) is 2. The molecule has 8 heteroatoms. The van der Waals surface area contributed by atoms with E-state index in [-0.39, 0.29) is 5.84 Å². The molecule has 4 aromatic rings. The molecule has 180 valence electrons. The SMILES string of the molecule is Cc1nc(-c2ccc(OCc3cccc(COc4ccc(C(N)=NO)cc4)n3)cc2)c(C(C)C)s1. The highest BCUT2D eigenvalue weighted by atomic mass is 32.1. The molecule has 3 N–H and O–H groups in total. The van der Waals surface area contributed by atoms with Crippen LogP contribution in [0.1, 0.15) is 46.6 Å². The molecule has 7 nitrogen and oxygen atoms in total. The first-order chi connectivity index (χ1) is 16.9. The second-order valence-corrected chi connectivity index (χ2v) is 9.57. The molecule has 4 rings (SSSR count). The number of benzene rings is 2. The molecular formula is C27H28N4O3S. The summed E-state index contributed by atoms with van der Waals surface area (Å²) in [7, 11) is 0. The van der Waals surface area contributed by atoms with E-state index in [1.54, 1.807) is 35.6 Å². The van der Waals surface area contributed by atoms with Gasteiger partial charge in [0.15, 0.2) is 5.84 Å². The van der Waals surface area contributed by atoms with E-state index in [2.05, 4.69) is 36.1 Å². The van der Waals surface area contributed by atoms with Gasteiger partial charge in [-0.1, -0.05) is 25.1 Å². The van der Waals surface area contributed by atoms with Crippen LogP contribution in [0.15, 0.2) is 71.9 Å². The van der Waals surface area contributed by atoms with Gasteiger partial charge >= 0.3 is 0 Å². The van der Waals surface area contributed by atoms with E-state index >= 15 is 0 Å². The van der Waals surface area contributed by atoms with Crippen LogP contribution in [-0.4, -0.2) is 21.0 Å². The highest BCUT2D eigenvalue weighted by Gasteiger charge is 2.14. The molecule has 0 bridgehead atoms. The van der Waals surface area contributed by atoms with Gasteiger partial charge in [-0.2, -0.15) is 0 Å². The molecule has 0 spiro atoms. The van der Waals surface area contributed by atoms with Gasteiger partial charge in [-0.15, -0.1) is 11.3 Å². The molecule has 0 radical (unpaired) electrons. The van der Waals surface area contributed by atoms with E-state index in [0.29, 0.717) is 30.4 Å². The Morgan fingerprint density at radius 2 is 1.49 bits per heavy atom. The van der Waals surface area contributed by atoms with Gasteiger partial charge in [-0.25, -0.2) is 4.98 Å². The number of nitrogens with zero attached hydrogens (tertiary/aromatic N) is 3. The average molecular weight is 489 g/mol. The van der Waals surface area contributed by atoms with Gasteiger partial charge in [0.25, 0.3) is 0 Å². The zero-order valence-corrected chi connectivity index (χ0v) is 20.7. The molecule has 0 aliphatic heterocycles. The number of ether oxygens (including phenoxy) is 2. The Labute approximate surface area is 208 Å². The van der Waals surface area contributed by atoms with Crippen LogP contribution in [0.25, 0.3) is 11.3 Å². The van der Waals surface area contributed by atoms with Gasteiger partial charge in [0.1, 0.15) is 24.7 Å². The number of aromatic nitrogens is 2. The predicted molar refractivity (Wildman–Crippen MR) is 138 cm³/mol. The van der Waals surface area contributed by atoms with Crippen molar-refractivity contribution in [3.05, 3.63) is 93.6 Å². The van der Waals surface area contributed by atoms with E-state index in [9.17, 15) is 0 Å². The highest BCUT2D eigenvalue weighted by molar-refractivity contribution is 7.12. The zero-order valence-electron chi connectivity index (χ0n) is 19.9. The molecule has 0 aliphatic carbocycles. The number of amidine groups is 1. The summed E-state index contributed by atoms with van der Waals surface area (Å²) in [5, 5.41) is 12.8. The van der Waals surface area contributed by atoms with Crippen molar-refractivity contribution in [2.75, 3.05) is 0 Å². The molecule has 0 aliphatic rings. The average Bonchev–Trinajstić information content (AvgIpc) is 3.28. The lowest BCUT2D eigenvalue weighted by Crippen LogP contribution is -2.12. The van der Waals surface area contributed by atoms with Crippen molar-refractivity contribution >= 4 is 17.2 Å². The van der Waals surface area contributed by atoms with Crippen molar-refractivity contribution < 1.29 is 14.7 Å². The first kappa shape index (κ1) is 24.2. The number of pyridine rings is 1. The predicted octanol–water partition coefficient (Wildman–Crippen LogP) is 5.89. The molecule has 0 saturated heterocycles. The van der Waals surface area contributed by atoms with E-state index in [0.717, 1.165) is 33.4 Å². The van der Waals surface area contributed by atoms with Gasteiger partial charge in [0.05, 0.1) is 22.1 Å². The lowest BCUT2D eigenvalue weighted by atomic mass is 10.1. The first-order valence-corrected chi connectivity index (χ1v) is 12.1. The Hall–Kier alpha value is -3.91. The maximum Gasteiger partial charge on any atom is 0.170 e. The number of nitrogens with two attached hydrogens (primary N) is 1. The minimum atomic E-state index is 0.0547. The monoisotopic (exact) mass is 488 g/mol. The summed E-state index contributed by atoms with van der Waals surface area (Å²) in [6.45, 7) is 7.11. The number of oxime groups is 1. The summed E-state index contributed by atoms with van der Waals surface area (Å²) in [4.78, 5) is 10.7. The Kier molecular flexibility index (Phi) is 7.62. The van der Waals surface area contributed by atoms with Gasteiger partial charge in [0.2, 0.25) is 0 Å². The smallest absolute Gasteiger partial charge is 0.170 e. The van der Waals surface area contributed by atoms with E-state index in [1.165, 1.54) is 4.88 Å². The standard InChI is InChI=1S/C27H28N4O3S/c1-17(2)26-25(29-18(3)35-26)19-7-11-23(12-8-19)33-15-21-5-4-6-22(30-21)16-34-24-13-9-20(10-14-24)27(28)31-32/h4-14,17,32H,15-16H2,1-3H3,(H2,28,31). The van der Waals surface area contributed by atoms with Crippen molar-refractivity contribution in [2.45, 2.75) is 39.9 Å². The Morgan fingerprint density at radius 3 is 2.03 bits per heavy atom. The molecule has 2 heterocycles. The zero-order chi connectivity index (χ0) is 24.8. The van der Waals surface area contributed by atoms with Gasteiger partial charge in [0, 0.05) is 16.0 Å². The van der Waals surface area contributed by atoms with E-state index < -0.39 is 0 Å². The van der Waals surface area contributed by atoms with Crippen molar-refractivity contribution in [3.63, 3.8) is 0 Å². The second-order valence-electron chi connectivity index (χ2n) is 8.33. The minimum Gasteiger partial charge on any atom is -0.487 e. The molecule has 2 aromatic heterocycles. The lowest BCUT2D eigenvalue weighted by Gasteiger charge is -2.10. The quantitative estimate of drug-likeness (QED) is 0.132. The van der Waals surface area contributed by atoms with Crippen LogP contribution in [0.5, 0.6) is 11.5 Å². The fourth-order valence-electron chi connectivity index (χ4n) is 3.53. The van der Waals surface area contributed by atoms with Crippen molar-refractivity contribution in [1.82, 2.24) is 9.97 Å². The number of rotatable bonds is 9. The van der Waals surface area contributed by atoms with Crippen molar-refractivity contribution in [3.8, 4) is 22.8 Å². The number of hydrogen-bond acceptors (Lipinski definition) is 7. The van der Waals surface area contributed by atoms with Crippen molar-refractivity contribution in [2.24, 2.45) is 10.9 Å². The van der Waals surface area contributed by atoms with Crippen LogP contribution in [0, 0.1) is 6.92 Å². The Morgan fingerprint density at radius 1 is 0.914 bits per heavy atom. The van der Waals surface area contributed by atoms with Crippen LogP contribution in [0.2, 0.25) is 0 Å². The molecule has 0 saturated carbocycles. The highest BCUT2D eigenvalue weighted by Crippen LogP contribution is 2.34. The summed E-state index contributed by atoms with van der Waals surface area (Å²) in [6.07, 6.45) is 0. The topological polar surface area (TPSA) is 103 Å². The maximum atomic E-state index is 8.75. The Balaban J connectivity index is 1.34. The van der Waals surface area contributed by atoms with Crippen LogP contribution < -0.4 is 15.2 Å². The third-order valence-electron chi connectivity index (χ3n) is 5.31.